The average molecular weight is 557 g/mol. The number of fused-ring (bicyclic) bond motifs is 1. The summed E-state index contributed by atoms with van der Waals surface area (Å²) >= 11 is 1.79. The summed E-state index contributed by atoms with van der Waals surface area (Å²) in [6.07, 6.45) is 10.6. The first-order valence-corrected chi connectivity index (χ1v) is 16.0. The van der Waals surface area contributed by atoms with Crippen molar-refractivity contribution in [3.05, 3.63) is 29.8 Å². The molecule has 0 aromatic heterocycles. The molecule has 39 heavy (non-hydrogen) atoms. The van der Waals surface area contributed by atoms with Crippen molar-refractivity contribution < 1.29 is 15.8 Å². The standard InChI is InChI=1S/C31H46N4O3S.H2/c1-30(2,3)17-21-35-28(37)26(39-31(35)15-8-4-5-9-16-31)22-27(36)33-18-13-24(14-19-33)34-20-12-23-10-6-7-11-25(23)32-29(34)38;/h6-7,10-11,24,26H,4-5,8-9,12-22H2,1-3H3,(H,32,38);1H. The fourth-order valence-corrected chi connectivity index (χ4v) is 8.58. The molecule has 1 aromatic rings. The number of amides is 4. The van der Waals surface area contributed by atoms with Gasteiger partial charge in [0.05, 0.1) is 10.1 Å². The minimum atomic E-state index is -0.275. The Morgan fingerprint density at radius 2 is 1.74 bits per heavy atom. The van der Waals surface area contributed by atoms with Gasteiger partial charge in [-0.05, 0) is 55.6 Å². The van der Waals surface area contributed by atoms with E-state index in [4.69, 9.17) is 0 Å². The van der Waals surface area contributed by atoms with Gasteiger partial charge in [-0.25, -0.2) is 4.79 Å². The molecule has 3 aliphatic heterocycles. The number of carbonyl (C=O) groups is 3. The van der Waals surface area contributed by atoms with Gasteiger partial charge in [-0.2, -0.15) is 0 Å². The highest BCUT2D eigenvalue weighted by molar-refractivity contribution is 8.02. The second kappa shape index (κ2) is 11.7. The molecular weight excluding hydrogens is 508 g/mol. The molecule has 4 amide bonds. The lowest BCUT2D eigenvalue weighted by Crippen LogP contribution is -2.50. The Labute approximate surface area is 239 Å². The molecule has 0 radical (unpaired) electrons. The molecule has 1 saturated carbocycles. The number of hydrogen-bond donors (Lipinski definition) is 1. The summed E-state index contributed by atoms with van der Waals surface area (Å²) in [7, 11) is 0. The van der Waals surface area contributed by atoms with Gasteiger partial charge in [0.1, 0.15) is 0 Å². The monoisotopic (exact) mass is 556 g/mol. The number of carbonyl (C=O) groups excluding carboxylic acids is 3. The topological polar surface area (TPSA) is 73.0 Å². The summed E-state index contributed by atoms with van der Waals surface area (Å²) in [6.45, 7) is 9.47. The summed E-state index contributed by atoms with van der Waals surface area (Å²) < 4.78 is 0. The molecule has 1 unspecified atom stereocenters. The first kappa shape index (κ1) is 28.3. The number of para-hydroxylation sites is 1. The van der Waals surface area contributed by atoms with Gasteiger partial charge in [0, 0.05) is 45.8 Å². The number of rotatable bonds is 5. The third-order valence-electron chi connectivity index (χ3n) is 9.13. The number of nitrogens with one attached hydrogen (secondary N) is 1. The summed E-state index contributed by atoms with van der Waals surface area (Å²) in [4.78, 5) is 46.1. The number of nitrogens with zero attached hydrogens (tertiary/aromatic N) is 3. The molecule has 8 heteroatoms. The van der Waals surface area contributed by atoms with Crippen LogP contribution in [0.15, 0.2) is 24.3 Å². The number of thioether (sulfide) groups is 1. The Morgan fingerprint density at radius 3 is 2.44 bits per heavy atom. The molecule has 7 nitrogen and oxygen atoms in total. The van der Waals surface area contributed by atoms with Crippen LogP contribution in [-0.4, -0.2) is 74.9 Å². The zero-order chi connectivity index (χ0) is 27.6. The largest absolute Gasteiger partial charge is 0.342 e. The fourth-order valence-electron chi connectivity index (χ4n) is 6.77. The molecule has 1 N–H and O–H groups in total. The van der Waals surface area contributed by atoms with E-state index >= 15 is 0 Å². The first-order chi connectivity index (χ1) is 18.7. The maximum absolute atomic E-state index is 13.7. The Kier molecular flexibility index (Phi) is 8.51. The van der Waals surface area contributed by atoms with E-state index in [0.717, 1.165) is 63.6 Å². The third kappa shape index (κ3) is 6.41. The number of piperidine rings is 1. The minimum Gasteiger partial charge on any atom is -0.342 e. The molecule has 3 fully saturated rings. The molecule has 0 bridgehead atoms. The van der Waals surface area contributed by atoms with E-state index in [2.05, 4.69) is 37.1 Å². The molecule has 4 aliphatic rings. The van der Waals surface area contributed by atoms with Crippen LogP contribution in [0.3, 0.4) is 0 Å². The van der Waals surface area contributed by atoms with Gasteiger partial charge < -0.3 is 20.0 Å². The number of anilines is 1. The zero-order valence-electron chi connectivity index (χ0n) is 24.0. The van der Waals surface area contributed by atoms with Crippen LogP contribution in [0.4, 0.5) is 10.5 Å². The van der Waals surface area contributed by atoms with Crippen molar-refractivity contribution in [3.8, 4) is 0 Å². The van der Waals surface area contributed by atoms with Crippen molar-refractivity contribution in [2.75, 3.05) is 31.5 Å². The predicted molar refractivity (Wildman–Crippen MR) is 160 cm³/mol. The van der Waals surface area contributed by atoms with Crippen molar-refractivity contribution in [2.24, 2.45) is 5.41 Å². The molecule has 1 spiro atoms. The number of benzene rings is 1. The maximum atomic E-state index is 13.7. The van der Waals surface area contributed by atoms with Crippen LogP contribution in [0.25, 0.3) is 0 Å². The molecule has 1 aromatic carbocycles. The van der Waals surface area contributed by atoms with Gasteiger partial charge in [0.2, 0.25) is 11.8 Å². The number of likely N-dealkylation sites (tertiary alicyclic amines) is 1. The highest BCUT2D eigenvalue weighted by Gasteiger charge is 2.51. The molecule has 3 heterocycles. The van der Waals surface area contributed by atoms with E-state index in [1.807, 2.05) is 28.0 Å². The predicted octanol–water partition coefficient (Wildman–Crippen LogP) is 6.13. The first-order valence-electron chi connectivity index (χ1n) is 15.1. The SMILES string of the molecule is CC(C)(C)CCN1C(=O)C(CC(=O)N2CCC(N3CCc4ccccc4NC3=O)CC2)SC12CCCCCC2.[HH]. The molecule has 216 valence electrons. The van der Waals surface area contributed by atoms with Crippen LogP contribution in [0.5, 0.6) is 0 Å². The maximum Gasteiger partial charge on any atom is 0.322 e. The quantitative estimate of drug-likeness (QED) is 0.473. The van der Waals surface area contributed by atoms with Gasteiger partial charge in [0.25, 0.3) is 0 Å². The minimum absolute atomic E-state index is 0. The summed E-state index contributed by atoms with van der Waals surface area (Å²) in [5.74, 6) is 0.267. The van der Waals surface area contributed by atoms with Crippen LogP contribution >= 0.6 is 11.8 Å². The molecule has 5 rings (SSSR count). The lowest BCUT2D eigenvalue weighted by Gasteiger charge is -2.38. The second-order valence-electron chi connectivity index (χ2n) is 13.1. The smallest absolute Gasteiger partial charge is 0.322 e. The normalized spacial score (nSPS) is 24.4. The summed E-state index contributed by atoms with van der Waals surface area (Å²) in [5.41, 5.74) is 2.24. The summed E-state index contributed by atoms with van der Waals surface area (Å²) in [5, 5.41) is 2.80. The Hall–Kier alpha value is -2.22. The van der Waals surface area contributed by atoms with E-state index in [0.29, 0.717) is 26.1 Å². The van der Waals surface area contributed by atoms with Crippen LogP contribution in [0.2, 0.25) is 0 Å². The van der Waals surface area contributed by atoms with E-state index < -0.39 is 0 Å². The highest BCUT2D eigenvalue weighted by atomic mass is 32.2. The average Bonchev–Trinajstić information content (AvgIpc) is 3.08. The van der Waals surface area contributed by atoms with Gasteiger partial charge in [-0.15, -0.1) is 11.8 Å². The van der Waals surface area contributed by atoms with Crippen molar-refractivity contribution in [3.63, 3.8) is 0 Å². The second-order valence-corrected chi connectivity index (χ2v) is 14.7. The van der Waals surface area contributed by atoms with E-state index in [1.165, 1.54) is 18.4 Å². The van der Waals surface area contributed by atoms with Gasteiger partial charge >= 0.3 is 6.03 Å². The van der Waals surface area contributed by atoms with E-state index in [-0.39, 0.29) is 40.8 Å². The van der Waals surface area contributed by atoms with Crippen molar-refractivity contribution in [1.29, 1.82) is 0 Å². The van der Waals surface area contributed by atoms with Crippen molar-refractivity contribution in [2.45, 2.75) is 108 Å². The third-order valence-corrected chi connectivity index (χ3v) is 10.8. The molecule has 1 aliphatic carbocycles. The highest BCUT2D eigenvalue weighted by Crippen LogP contribution is 2.50. The molecular formula is C31H48N4O3S. The van der Waals surface area contributed by atoms with E-state index in [1.54, 1.807) is 11.8 Å². The fraction of sp³-hybridized carbons (Fsp3) is 0.710. The Morgan fingerprint density at radius 1 is 1.05 bits per heavy atom. The number of hydrogen-bond acceptors (Lipinski definition) is 4. The number of urea groups is 1. The van der Waals surface area contributed by atoms with E-state index in [9.17, 15) is 14.4 Å². The molecule has 2 saturated heterocycles. The Balaban J connectivity index is 0.00000370. The van der Waals surface area contributed by atoms with Crippen LogP contribution < -0.4 is 5.32 Å². The van der Waals surface area contributed by atoms with Crippen LogP contribution in [0.1, 0.15) is 92.0 Å². The van der Waals surface area contributed by atoms with Gasteiger partial charge in [0.15, 0.2) is 0 Å². The summed E-state index contributed by atoms with van der Waals surface area (Å²) in [6, 6.07) is 8.10. The van der Waals surface area contributed by atoms with Gasteiger partial charge in [-0.3, -0.25) is 9.59 Å². The lowest BCUT2D eigenvalue weighted by atomic mass is 9.91. The molecule has 1 atom stereocenters. The van der Waals surface area contributed by atoms with Crippen LogP contribution in [0, 0.1) is 5.41 Å². The van der Waals surface area contributed by atoms with Crippen molar-refractivity contribution in [1.82, 2.24) is 14.7 Å². The zero-order valence-corrected chi connectivity index (χ0v) is 24.9. The van der Waals surface area contributed by atoms with Crippen LogP contribution in [-0.2, 0) is 16.0 Å². The lowest BCUT2D eigenvalue weighted by molar-refractivity contribution is -0.138. The Bertz CT molecular complexity index is 1060. The van der Waals surface area contributed by atoms with Gasteiger partial charge in [-0.1, -0.05) is 64.7 Å². The van der Waals surface area contributed by atoms with Crippen molar-refractivity contribution >= 4 is 35.3 Å².